The summed E-state index contributed by atoms with van der Waals surface area (Å²) < 4.78 is 7.37. The molecular weight excluding hydrogens is 1050 g/mol. The van der Waals surface area contributed by atoms with Crippen LogP contribution in [0.2, 0.25) is 0 Å². The van der Waals surface area contributed by atoms with Crippen molar-refractivity contribution in [2.24, 2.45) is 12.5 Å². The zero-order valence-electron chi connectivity index (χ0n) is 47.5. The number of aliphatic hydroxyl groups is 1. The predicted octanol–water partition coefficient (Wildman–Crippen LogP) is 7.09. The Hall–Kier alpha value is -8.05. The average Bonchev–Trinajstić information content (AvgIpc) is 4.27. The van der Waals surface area contributed by atoms with E-state index in [0.29, 0.717) is 79.2 Å². The van der Waals surface area contributed by atoms with Crippen LogP contribution < -0.4 is 36.2 Å². The normalized spacial score (nSPS) is 16.1. The molecule has 22 nitrogen and oxygen atoms in total. The zero-order chi connectivity index (χ0) is 57.8. The van der Waals surface area contributed by atoms with Gasteiger partial charge in [-0.2, -0.15) is 5.10 Å². The first-order chi connectivity index (χ1) is 38.9. The lowest BCUT2D eigenvalue weighted by molar-refractivity contribution is -0.144. The Kier molecular flexibility index (Phi) is 19.6. The number of hydrogen-bond donors (Lipinski definition) is 6. The van der Waals surface area contributed by atoms with Gasteiger partial charge in [0.25, 0.3) is 5.91 Å². The topological polar surface area (TPSA) is 267 Å². The van der Waals surface area contributed by atoms with Crippen molar-refractivity contribution in [1.82, 2.24) is 60.7 Å². The third-order valence-corrected chi connectivity index (χ3v) is 15.6. The number of aromatic nitrogens is 7. The summed E-state index contributed by atoms with van der Waals surface area (Å²) in [7, 11) is 4.86. The molecule has 0 spiro atoms. The van der Waals surface area contributed by atoms with Gasteiger partial charge in [0, 0.05) is 72.1 Å². The number of aliphatic hydroxyl groups excluding tert-OH is 1. The summed E-state index contributed by atoms with van der Waals surface area (Å²) >= 11 is 1.58. The van der Waals surface area contributed by atoms with Crippen molar-refractivity contribution < 1.29 is 33.8 Å². The Morgan fingerprint density at radius 2 is 1.57 bits per heavy atom. The summed E-state index contributed by atoms with van der Waals surface area (Å²) in [4.78, 5) is 87.2. The molecule has 2 saturated heterocycles. The fourth-order valence-electron chi connectivity index (χ4n) is 10.1. The van der Waals surface area contributed by atoms with Crippen LogP contribution in [0.4, 0.5) is 28.7 Å². The number of hydrogen-bond acceptors (Lipinski definition) is 17. The lowest BCUT2D eigenvalue weighted by atomic mass is 9.85. The number of rotatable bonds is 23. The minimum absolute atomic E-state index is 0.00787. The van der Waals surface area contributed by atoms with Gasteiger partial charge in [0.1, 0.15) is 24.2 Å². The minimum Gasteiger partial charge on any atom is -0.494 e. The smallest absolute Gasteiger partial charge is 0.273 e. The summed E-state index contributed by atoms with van der Waals surface area (Å²) in [5.41, 5.74) is 6.71. The highest BCUT2D eigenvalue weighted by molar-refractivity contribution is 7.13. The number of pyridine rings is 1. The number of piperazine rings is 1. The molecule has 4 atom stereocenters. The molecule has 2 aliphatic rings. The molecule has 2 unspecified atom stereocenters. The van der Waals surface area contributed by atoms with Crippen molar-refractivity contribution in [2.45, 2.75) is 117 Å². The maximum absolute atomic E-state index is 14.2. The largest absolute Gasteiger partial charge is 0.494 e. The second kappa shape index (κ2) is 26.9. The van der Waals surface area contributed by atoms with Gasteiger partial charge in [-0.05, 0) is 67.5 Å². The summed E-state index contributed by atoms with van der Waals surface area (Å²) in [6.07, 6.45) is 8.44. The van der Waals surface area contributed by atoms with E-state index in [1.807, 2.05) is 99.6 Å². The molecule has 81 heavy (non-hydrogen) atoms. The molecular formula is C58H75N15O7S. The lowest BCUT2D eigenvalue weighted by Gasteiger charge is -2.36. The molecule has 6 N–H and O–H groups in total. The number of carbonyl (C=O) groups is 5. The van der Waals surface area contributed by atoms with Gasteiger partial charge in [0.15, 0.2) is 23.1 Å². The van der Waals surface area contributed by atoms with E-state index in [4.69, 9.17) is 4.74 Å². The van der Waals surface area contributed by atoms with Crippen LogP contribution in [0.5, 0.6) is 5.75 Å². The Morgan fingerprint density at radius 1 is 0.840 bits per heavy atom. The molecule has 6 aromatic rings. The number of carbonyl (C=O) groups excluding carboxylic acids is 5. The fourth-order valence-corrected chi connectivity index (χ4v) is 11.0. The third-order valence-electron chi connectivity index (χ3n) is 14.7. The van der Waals surface area contributed by atoms with E-state index < -0.39 is 29.5 Å². The van der Waals surface area contributed by atoms with E-state index in [-0.39, 0.29) is 54.8 Å². The van der Waals surface area contributed by atoms with E-state index in [1.165, 1.54) is 11.9 Å². The quantitative estimate of drug-likeness (QED) is 0.0350. The van der Waals surface area contributed by atoms with Gasteiger partial charge >= 0.3 is 0 Å². The molecule has 2 aliphatic heterocycles. The summed E-state index contributed by atoms with van der Waals surface area (Å²) in [6.45, 7) is 12.1. The number of para-hydroxylation sites is 1. The minimum atomic E-state index is -0.887. The molecule has 4 aromatic heterocycles. The highest BCUT2D eigenvalue weighted by Gasteiger charge is 2.45. The standard InChI is InChI=1S/C58H75N15O7S/c1-36(38-20-22-39(23-21-38)52-37(2)62-35-81-52)63-55(77)45-30-41(74)33-73(45)57(79)53(58(3,4)5)66-48(75)18-13-11-9-10-12-14-19-49(76)72-28-26-71(27-29-72)40-24-25-46(60-32-40)65-47-31-44(50(68-67-47)56(78)59-6)64-43-17-15-16-42(51(43)80-8)54-61-34-70(7)69-54/h15-17,20-25,31-32,34-36,41,45,53,74H,9-14,18-19,26-30,33H2,1-8H3,(H,59,78)(H,63,77)(H,66,75)(H2,60,64,65,67)/t36?,41-,45+,53?/m1/s1. The number of unbranched alkanes of at least 4 members (excludes halogenated alkanes) is 5. The second-order valence-electron chi connectivity index (χ2n) is 21.7. The Bertz CT molecular complexity index is 3140. The first kappa shape index (κ1) is 59.1. The van der Waals surface area contributed by atoms with Crippen molar-refractivity contribution in [3.63, 3.8) is 0 Å². The number of aryl methyl sites for hydroxylation is 2. The Balaban J connectivity index is 0.726. The van der Waals surface area contributed by atoms with E-state index in [1.54, 1.807) is 48.8 Å². The van der Waals surface area contributed by atoms with Crippen LogP contribution >= 0.6 is 11.3 Å². The average molecular weight is 1130 g/mol. The Labute approximate surface area is 476 Å². The second-order valence-corrected chi connectivity index (χ2v) is 22.6. The lowest BCUT2D eigenvalue weighted by Crippen LogP contribution is -2.57. The molecule has 0 bridgehead atoms. The highest BCUT2D eigenvalue weighted by Crippen LogP contribution is 2.38. The van der Waals surface area contributed by atoms with E-state index in [2.05, 4.69) is 61.7 Å². The summed E-state index contributed by atoms with van der Waals surface area (Å²) in [5.74, 6) is 0.605. The van der Waals surface area contributed by atoms with Gasteiger partial charge in [-0.1, -0.05) is 76.8 Å². The molecule has 2 aromatic carbocycles. The summed E-state index contributed by atoms with van der Waals surface area (Å²) in [6, 6.07) is 16.9. The number of nitrogens with zero attached hydrogens (tertiary/aromatic N) is 10. The number of thiazole rings is 1. The highest BCUT2D eigenvalue weighted by atomic mass is 32.1. The van der Waals surface area contributed by atoms with Gasteiger partial charge in [-0.25, -0.2) is 15.0 Å². The number of benzene rings is 2. The van der Waals surface area contributed by atoms with Crippen LogP contribution in [0.3, 0.4) is 0 Å². The van der Waals surface area contributed by atoms with Crippen molar-refractivity contribution in [3.05, 3.63) is 95.6 Å². The van der Waals surface area contributed by atoms with Crippen LogP contribution in [-0.4, -0.2) is 144 Å². The molecule has 0 aliphatic carbocycles. The number of β-amino-alcohol motifs (C(OH)–C–C–N with tert-alkyl or cyclic N) is 1. The summed E-state index contributed by atoms with van der Waals surface area (Å²) in [5, 5.41) is 38.7. The molecule has 6 heterocycles. The Morgan fingerprint density at radius 3 is 2.21 bits per heavy atom. The number of ether oxygens (including phenoxy) is 1. The predicted molar refractivity (Wildman–Crippen MR) is 311 cm³/mol. The van der Waals surface area contributed by atoms with Crippen molar-refractivity contribution >= 4 is 69.6 Å². The molecule has 23 heteroatoms. The SMILES string of the molecule is CNC(=O)c1nnc(Nc2ccc(N3CCN(C(=O)CCCCCCCCC(=O)NC(C(=O)N4C[C@H](O)C[C@H]4C(=O)NC(C)c4ccc(-c5scnc5C)cc4)C(C)(C)C)CC3)cn2)cc1Nc1cccc(-c2ncn(C)n2)c1OC. The van der Waals surface area contributed by atoms with Crippen LogP contribution in [0, 0.1) is 12.3 Å². The molecule has 8 rings (SSSR count). The van der Waals surface area contributed by atoms with Gasteiger partial charge in [0.2, 0.25) is 23.6 Å². The monoisotopic (exact) mass is 1130 g/mol. The number of methoxy groups -OCH3 is 1. The third kappa shape index (κ3) is 15.0. The number of likely N-dealkylation sites (tertiary alicyclic amines) is 1. The number of amides is 5. The van der Waals surface area contributed by atoms with Crippen LogP contribution in [0.1, 0.15) is 113 Å². The van der Waals surface area contributed by atoms with E-state index in [0.717, 1.165) is 59.5 Å². The molecule has 0 radical (unpaired) electrons. The maximum Gasteiger partial charge on any atom is 0.273 e. The fraction of sp³-hybridized carbons (Fsp3) is 0.466. The first-order valence-electron chi connectivity index (χ1n) is 27.6. The number of anilines is 5. The van der Waals surface area contributed by atoms with Gasteiger partial charge in [0.05, 0.1) is 64.2 Å². The van der Waals surface area contributed by atoms with Crippen molar-refractivity contribution in [3.8, 4) is 27.6 Å². The van der Waals surface area contributed by atoms with Crippen LogP contribution in [0.25, 0.3) is 21.8 Å². The van der Waals surface area contributed by atoms with Gasteiger partial charge in [-0.15, -0.1) is 21.5 Å². The van der Waals surface area contributed by atoms with E-state index >= 15 is 0 Å². The zero-order valence-corrected chi connectivity index (χ0v) is 48.3. The van der Waals surface area contributed by atoms with Gasteiger partial charge in [-0.3, -0.25) is 28.7 Å². The van der Waals surface area contributed by atoms with Crippen LogP contribution in [0.15, 0.2) is 78.7 Å². The van der Waals surface area contributed by atoms with Crippen LogP contribution in [-0.2, 0) is 26.2 Å². The molecule has 430 valence electrons. The van der Waals surface area contributed by atoms with Crippen molar-refractivity contribution in [2.75, 3.05) is 62.4 Å². The molecule has 5 amide bonds. The number of nitrogens with one attached hydrogen (secondary N) is 5. The maximum atomic E-state index is 14.2. The molecule has 2 fully saturated rings. The van der Waals surface area contributed by atoms with E-state index in [9.17, 15) is 29.1 Å². The molecule has 0 saturated carbocycles. The first-order valence-corrected chi connectivity index (χ1v) is 28.5. The van der Waals surface area contributed by atoms with Gasteiger partial charge < -0.3 is 51.1 Å². The van der Waals surface area contributed by atoms with Crippen molar-refractivity contribution in [1.29, 1.82) is 0 Å².